The van der Waals surface area contributed by atoms with Crippen LogP contribution in [0.15, 0.2) is 24.3 Å². The van der Waals surface area contributed by atoms with Gasteiger partial charge in [-0.2, -0.15) is 0 Å². The highest BCUT2D eigenvalue weighted by Crippen LogP contribution is 2.25. The standard InChI is InChI=1S/C19H26ClN3O2.ClH/c1-21-12-17-5-3-11-23(17)19(25)15-4-2-10-22(13-15)18(24)14-6-8-16(20)9-7-14;/h6-9,15,17,21H,2-5,10-13H2,1H3;1H. The minimum atomic E-state index is -0.0811. The molecule has 0 bridgehead atoms. The van der Waals surface area contributed by atoms with Gasteiger partial charge in [0.2, 0.25) is 5.91 Å². The number of likely N-dealkylation sites (tertiary alicyclic amines) is 2. The average Bonchev–Trinajstić information content (AvgIpc) is 3.10. The summed E-state index contributed by atoms with van der Waals surface area (Å²) in [7, 11) is 1.92. The van der Waals surface area contributed by atoms with Gasteiger partial charge in [-0.3, -0.25) is 9.59 Å². The summed E-state index contributed by atoms with van der Waals surface area (Å²) in [5.74, 6) is 0.121. The van der Waals surface area contributed by atoms with Crippen LogP contribution >= 0.6 is 24.0 Å². The molecule has 3 rings (SSSR count). The van der Waals surface area contributed by atoms with E-state index in [1.807, 2.05) is 16.8 Å². The third kappa shape index (κ3) is 4.70. The SMILES string of the molecule is CNCC1CCCN1C(=O)C1CCCN(C(=O)c2ccc(Cl)cc2)C1.Cl. The Morgan fingerprint density at radius 2 is 1.85 bits per heavy atom. The Bertz CT molecular complexity index is 624. The summed E-state index contributed by atoms with van der Waals surface area (Å²) in [6.45, 7) is 2.91. The molecule has 2 unspecified atom stereocenters. The number of carbonyl (C=O) groups excluding carboxylic acids is 2. The molecule has 2 fully saturated rings. The van der Waals surface area contributed by atoms with E-state index in [-0.39, 0.29) is 30.1 Å². The molecule has 0 spiro atoms. The molecule has 7 heteroatoms. The van der Waals surface area contributed by atoms with Crippen molar-refractivity contribution in [1.29, 1.82) is 0 Å². The van der Waals surface area contributed by atoms with Crippen LogP contribution in [0.25, 0.3) is 0 Å². The molecule has 1 N–H and O–H groups in total. The highest BCUT2D eigenvalue weighted by atomic mass is 35.5. The molecule has 2 saturated heterocycles. The van der Waals surface area contributed by atoms with Crippen LogP contribution in [0.4, 0.5) is 0 Å². The fourth-order valence-electron chi connectivity index (χ4n) is 3.95. The number of rotatable bonds is 4. The molecule has 2 aliphatic rings. The maximum atomic E-state index is 13.0. The first-order chi connectivity index (χ1) is 12.1. The summed E-state index contributed by atoms with van der Waals surface area (Å²) in [5.41, 5.74) is 0.631. The average molecular weight is 400 g/mol. The van der Waals surface area contributed by atoms with Crippen LogP contribution in [-0.4, -0.2) is 60.9 Å². The minimum Gasteiger partial charge on any atom is -0.338 e. The Balaban J connectivity index is 0.00000243. The Labute approximate surface area is 166 Å². The number of nitrogens with zero attached hydrogens (tertiary/aromatic N) is 2. The molecule has 2 heterocycles. The zero-order valence-electron chi connectivity index (χ0n) is 15.1. The largest absolute Gasteiger partial charge is 0.338 e. The van der Waals surface area contributed by atoms with Crippen molar-refractivity contribution in [2.24, 2.45) is 5.92 Å². The van der Waals surface area contributed by atoms with Gasteiger partial charge in [0, 0.05) is 42.8 Å². The molecular weight excluding hydrogens is 373 g/mol. The number of carbonyl (C=O) groups is 2. The lowest BCUT2D eigenvalue weighted by molar-refractivity contribution is -0.137. The number of hydrogen-bond donors (Lipinski definition) is 1. The molecule has 5 nitrogen and oxygen atoms in total. The molecule has 1 aromatic carbocycles. The van der Waals surface area contributed by atoms with E-state index in [0.29, 0.717) is 29.7 Å². The summed E-state index contributed by atoms with van der Waals surface area (Å²) in [6, 6.07) is 7.25. The topological polar surface area (TPSA) is 52.7 Å². The second-order valence-corrected chi connectivity index (χ2v) is 7.42. The van der Waals surface area contributed by atoms with E-state index in [2.05, 4.69) is 5.32 Å². The number of likely N-dealkylation sites (N-methyl/N-ethyl adjacent to an activating group) is 1. The molecule has 2 atom stereocenters. The molecular formula is C19H27Cl2N3O2. The Hall–Kier alpha value is -1.30. The van der Waals surface area contributed by atoms with Crippen molar-refractivity contribution in [3.63, 3.8) is 0 Å². The smallest absolute Gasteiger partial charge is 0.253 e. The van der Waals surface area contributed by atoms with Crippen LogP contribution in [0.3, 0.4) is 0 Å². The zero-order valence-corrected chi connectivity index (χ0v) is 16.7. The second-order valence-electron chi connectivity index (χ2n) is 6.98. The van der Waals surface area contributed by atoms with Gasteiger partial charge in [-0.25, -0.2) is 0 Å². The van der Waals surface area contributed by atoms with Gasteiger partial charge >= 0.3 is 0 Å². The van der Waals surface area contributed by atoms with Crippen molar-refractivity contribution < 1.29 is 9.59 Å². The van der Waals surface area contributed by atoms with Gasteiger partial charge in [-0.15, -0.1) is 12.4 Å². The van der Waals surface area contributed by atoms with Crippen LogP contribution in [0, 0.1) is 5.92 Å². The number of piperidine rings is 1. The van der Waals surface area contributed by atoms with E-state index in [0.717, 1.165) is 38.8 Å². The third-order valence-electron chi connectivity index (χ3n) is 5.25. The Kier molecular flexibility index (Phi) is 7.74. The lowest BCUT2D eigenvalue weighted by atomic mass is 9.95. The van der Waals surface area contributed by atoms with Gasteiger partial charge in [0.25, 0.3) is 5.91 Å². The quantitative estimate of drug-likeness (QED) is 0.846. The molecule has 0 aromatic heterocycles. The van der Waals surface area contributed by atoms with Crippen molar-refractivity contribution >= 4 is 35.8 Å². The number of amides is 2. The highest BCUT2D eigenvalue weighted by Gasteiger charge is 2.35. The van der Waals surface area contributed by atoms with Gasteiger partial charge in [0.1, 0.15) is 0 Å². The van der Waals surface area contributed by atoms with Crippen LogP contribution in [0.5, 0.6) is 0 Å². The van der Waals surface area contributed by atoms with Crippen LogP contribution in [0.1, 0.15) is 36.0 Å². The lowest BCUT2D eigenvalue weighted by Crippen LogP contribution is -2.49. The normalized spacial score (nSPS) is 22.8. The van der Waals surface area contributed by atoms with Crippen LogP contribution < -0.4 is 5.32 Å². The molecule has 0 radical (unpaired) electrons. The van der Waals surface area contributed by atoms with E-state index in [4.69, 9.17) is 11.6 Å². The molecule has 2 aliphatic heterocycles. The van der Waals surface area contributed by atoms with Crippen LogP contribution in [-0.2, 0) is 4.79 Å². The molecule has 1 aromatic rings. The van der Waals surface area contributed by atoms with Crippen molar-refractivity contribution in [2.75, 3.05) is 33.2 Å². The van der Waals surface area contributed by atoms with Gasteiger partial charge in [-0.05, 0) is 57.0 Å². The third-order valence-corrected chi connectivity index (χ3v) is 5.50. The first-order valence-electron chi connectivity index (χ1n) is 9.10. The molecule has 26 heavy (non-hydrogen) atoms. The summed E-state index contributed by atoms with van der Waals surface area (Å²) >= 11 is 5.90. The first kappa shape index (κ1) is 21.0. The highest BCUT2D eigenvalue weighted by molar-refractivity contribution is 6.30. The van der Waals surface area contributed by atoms with Crippen molar-refractivity contribution in [1.82, 2.24) is 15.1 Å². The molecule has 2 amide bonds. The van der Waals surface area contributed by atoms with Gasteiger partial charge in [0.15, 0.2) is 0 Å². The fourth-order valence-corrected chi connectivity index (χ4v) is 4.07. The van der Waals surface area contributed by atoms with E-state index in [1.54, 1.807) is 24.3 Å². The van der Waals surface area contributed by atoms with E-state index in [9.17, 15) is 9.59 Å². The van der Waals surface area contributed by atoms with Crippen LogP contribution in [0.2, 0.25) is 5.02 Å². The van der Waals surface area contributed by atoms with E-state index in [1.165, 1.54) is 0 Å². The number of nitrogens with one attached hydrogen (secondary N) is 1. The van der Waals surface area contributed by atoms with E-state index >= 15 is 0 Å². The number of benzene rings is 1. The maximum absolute atomic E-state index is 13.0. The first-order valence-corrected chi connectivity index (χ1v) is 9.48. The summed E-state index contributed by atoms with van der Waals surface area (Å²) in [6.07, 6.45) is 3.87. The number of halogens is 2. The van der Waals surface area contributed by atoms with Gasteiger partial charge in [0.05, 0.1) is 5.92 Å². The zero-order chi connectivity index (χ0) is 17.8. The van der Waals surface area contributed by atoms with Gasteiger partial charge in [-0.1, -0.05) is 11.6 Å². The monoisotopic (exact) mass is 399 g/mol. The predicted octanol–water partition coefficient (Wildman–Crippen LogP) is 2.82. The predicted molar refractivity (Wildman–Crippen MR) is 106 cm³/mol. The van der Waals surface area contributed by atoms with Crippen molar-refractivity contribution in [3.8, 4) is 0 Å². The lowest BCUT2D eigenvalue weighted by Gasteiger charge is -2.35. The minimum absolute atomic E-state index is 0. The Morgan fingerprint density at radius 1 is 1.15 bits per heavy atom. The van der Waals surface area contributed by atoms with Gasteiger partial charge < -0.3 is 15.1 Å². The summed E-state index contributed by atoms with van der Waals surface area (Å²) in [4.78, 5) is 29.5. The molecule has 0 aliphatic carbocycles. The number of hydrogen-bond acceptors (Lipinski definition) is 3. The second kappa shape index (κ2) is 9.58. The Morgan fingerprint density at radius 3 is 2.54 bits per heavy atom. The van der Waals surface area contributed by atoms with E-state index < -0.39 is 0 Å². The van der Waals surface area contributed by atoms with Crippen molar-refractivity contribution in [3.05, 3.63) is 34.9 Å². The molecule has 0 saturated carbocycles. The maximum Gasteiger partial charge on any atom is 0.253 e. The summed E-state index contributed by atoms with van der Waals surface area (Å²) in [5, 5.41) is 3.80. The van der Waals surface area contributed by atoms with Crippen molar-refractivity contribution in [2.45, 2.75) is 31.7 Å². The molecule has 144 valence electrons. The fraction of sp³-hybridized carbons (Fsp3) is 0.579. The summed E-state index contributed by atoms with van der Waals surface area (Å²) < 4.78 is 0.